The predicted molar refractivity (Wildman–Crippen MR) is 96.7 cm³/mol. The van der Waals surface area contributed by atoms with Crippen molar-refractivity contribution >= 4 is 11.6 Å². The van der Waals surface area contributed by atoms with Crippen molar-refractivity contribution in [3.8, 4) is 5.88 Å². The lowest BCUT2D eigenvalue weighted by Crippen LogP contribution is -2.34. The zero-order chi connectivity index (χ0) is 17.1. The zero-order valence-electron chi connectivity index (χ0n) is 14.2. The van der Waals surface area contributed by atoms with Crippen LogP contribution >= 0.6 is 0 Å². The molecule has 4 rings (SSSR count). The van der Waals surface area contributed by atoms with E-state index >= 15 is 0 Å². The summed E-state index contributed by atoms with van der Waals surface area (Å²) in [5.74, 6) is 0.668. The number of hydrogen-bond donors (Lipinski definition) is 2. The number of nitrogens with one attached hydrogen (secondary N) is 2. The van der Waals surface area contributed by atoms with E-state index < -0.39 is 0 Å². The molecule has 0 radical (unpaired) electrons. The molecule has 0 bridgehead atoms. The highest BCUT2D eigenvalue weighted by molar-refractivity contribution is 6.01. The van der Waals surface area contributed by atoms with Crippen LogP contribution in [0.4, 0.5) is 5.69 Å². The molecule has 2 heterocycles. The molecule has 2 aromatic rings. The molecule has 0 unspecified atom stereocenters. The molecular weight excluding hydrogens is 314 g/mol. The number of carbonyl (C=O) groups excluding carboxylic acids is 1. The van der Waals surface area contributed by atoms with Gasteiger partial charge in [0, 0.05) is 6.07 Å². The van der Waals surface area contributed by atoms with Crippen molar-refractivity contribution in [3.63, 3.8) is 0 Å². The Morgan fingerprint density at radius 3 is 2.52 bits per heavy atom. The summed E-state index contributed by atoms with van der Waals surface area (Å²) in [7, 11) is 0. The fourth-order valence-electron chi connectivity index (χ4n) is 3.39. The Hall–Kier alpha value is -2.40. The number of amides is 1. The fourth-order valence-corrected chi connectivity index (χ4v) is 3.39. The normalized spacial score (nSPS) is 19.2. The lowest BCUT2D eigenvalue weighted by molar-refractivity contribution is -0.118. The van der Waals surface area contributed by atoms with Gasteiger partial charge in [-0.05, 0) is 50.4 Å². The quantitative estimate of drug-likeness (QED) is 0.881. The number of carbonyl (C=O) groups is 1. The molecule has 130 valence electrons. The fraction of sp³-hybridized carbons (Fsp3) is 0.400. The van der Waals surface area contributed by atoms with Gasteiger partial charge in [0.15, 0.2) is 0 Å². The Bertz CT molecular complexity index is 720. The van der Waals surface area contributed by atoms with Gasteiger partial charge in [-0.2, -0.15) is 0 Å². The molecule has 0 spiro atoms. The van der Waals surface area contributed by atoms with E-state index in [1.54, 1.807) is 6.20 Å². The van der Waals surface area contributed by atoms with Crippen molar-refractivity contribution < 1.29 is 9.53 Å². The number of ether oxygens (including phenoxy) is 1. The predicted octanol–water partition coefficient (Wildman–Crippen LogP) is 2.88. The van der Waals surface area contributed by atoms with E-state index in [9.17, 15) is 4.79 Å². The van der Waals surface area contributed by atoms with E-state index in [2.05, 4.69) is 15.6 Å². The van der Waals surface area contributed by atoms with Gasteiger partial charge in [0.25, 0.3) is 0 Å². The highest BCUT2D eigenvalue weighted by atomic mass is 16.5. The molecule has 1 aromatic heterocycles. The number of aromatic nitrogens is 1. The number of pyridine rings is 1. The third-order valence-corrected chi connectivity index (χ3v) is 5.08. The Balaban J connectivity index is 1.39. The largest absolute Gasteiger partial charge is 0.474 e. The number of nitrogens with zero attached hydrogens (tertiary/aromatic N) is 1. The number of rotatable bonds is 5. The number of hydrogen-bond acceptors (Lipinski definition) is 4. The Labute approximate surface area is 147 Å². The molecule has 2 fully saturated rings. The van der Waals surface area contributed by atoms with Gasteiger partial charge in [-0.1, -0.05) is 30.3 Å². The van der Waals surface area contributed by atoms with Gasteiger partial charge in [-0.25, -0.2) is 4.98 Å². The van der Waals surface area contributed by atoms with Crippen LogP contribution in [0.25, 0.3) is 0 Å². The second kappa shape index (κ2) is 6.84. The van der Waals surface area contributed by atoms with Gasteiger partial charge in [0.1, 0.15) is 6.10 Å². The first kappa shape index (κ1) is 16.1. The summed E-state index contributed by atoms with van der Waals surface area (Å²) in [6, 6.07) is 13.7. The maximum atomic E-state index is 12.7. The zero-order valence-corrected chi connectivity index (χ0v) is 14.2. The average molecular weight is 337 g/mol. The lowest BCUT2D eigenvalue weighted by atomic mass is 9.95. The molecule has 1 aliphatic heterocycles. The molecule has 0 atom stereocenters. The van der Waals surface area contributed by atoms with Crippen LogP contribution < -0.4 is 15.4 Å². The maximum absolute atomic E-state index is 12.7. The van der Waals surface area contributed by atoms with Crippen LogP contribution in [0.1, 0.15) is 31.2 Å². The van der Waals surface area contributed by atoms with E-state index in [0.29, 0.717) is 11.6 Å². The molecule has 1 aromatic carbocycles. The van der Waals surface area contributed by atoms with Crippen molar-refractivity contribution in [2.45, 2.75) is 37.2 Å². The summed E-state index contributed by atoms with van der Waals surface area (Å²) in [5.41, 5.74) is 1.43. The SMILES string of the molecule is O=C(Nc1ccc(OC2CCNCC2)nc1)C1(c2ccccc2)CC1. The van der Waals surface area contributed by atoms with Crippen LogP contribution in [0.3, 0.4) is 0 Å². The van der Waals surface area contributed by atoms with E-state index in [0.717, 1.165) is 44.3 Å². The number of benzene rings is 1. The summed E-state index contributed by atoms with van der Waals surface area (Å²) in [4.78, 5) is 17.1. The monoisotopic (exact) mass is 337 g/mol. The standard InChI is InChI=1S/C20H23N3O2/c24-19(20(10-11-20)15-4-2-1-3-5-15)23-16-6-7-18(22-14-16)25-17-8-12-21-13-9-17/h1-7,14,17,21H,8-13H2,(H,23,24). The van der Waals surface area contributed by atoms with Crippen LogP contribution in [-0.2, 0) is 10.2 Å². The first-order valence-corrected chi connectivity index (χ1v) is 8.97. The average Bonchev–Trinajstić information content (AvgIpc) is 3.47. The van der Waals surface area contributed by atoms with Crippen molar-refractivity contribution in [2.75, 3.05) is 18.4 Å². The van der Waals surface area contributed by atoms with Crippen LogP contribution in [0.5, 0.6) is 5.88 Å². The minimum absolute atomic E-state index is 0.0486. The highest BCUT2D eigenvalue weighted by Gasteiger charge is 2.51. The molecular formula is C20H23N3O2. The molecule has 1 aliphatic carbocycles. The molecule has 1 saturated heterocycles. The summed E-state index contributed by atoms with van der Waals surface area (Å²) < 4.78 is 5.90. The molecule has 2 N–H and O–H groups in total. The maximum Gasteiger partial charge on any atom is 0.235 e. The molecule has 1 amide bonds. The van der Waals surface area contributed by atoms with Gasteiger partial charge >= 0.3 is 0 Å². The van der Waals surface area contributed by atoms with Crippen molar-refractivity contribution in [2.24, 2.45) is 0 Å². The Morgan fingerprint density at radius 2 is 1.88 bits per heavy atom. The van der Waals surface area contributed by atoms with Crippen LogP contribution in [0, 0.1) is 0 Å². The third kappa shape index (κ3) is 3.51. The van der Waals surface area contributed by atoms with E-state index in [1.807, 2.05) is 42.5 Å². The van der Waals surface area contributed by atoms with Gasteiger partial charge < -0.3 is 15.4 Å². The summed E-state index contributed by atoms with van der Waals surface area (Å²) >= 11 is 0. The number of piperidine rings is 1. The van der Waals surface area contributed by atoms with Gasteiger partial charge in [-0.3, -0.25) is 4.79 Å². The van der Waals surface area contributed by atoms with Crippen molar-refractivity contribution in [1.29, 1.82) is 0 Å². The second-order valence-corrected chi connectivity index (χ2v) is 6.85. The Morgan fingerprint density at radius 1 is 1.12 bits per heavy atom. The third-order valence-electron chi connectivity index (χ3n) is 5.08. The molecule has 5 nitrogen and oxygen atoms in total. The van der Waals surface area contributed by atoms with Crippen LogP contribution in [0.15, 0.2) is 48.7 Å². The lowest BCUT2D eigenvalue weighted by Gasteiger charge is -2.23. The minimum atomic E-state index is -0.370. The first-order valence-electron chi connectivity index (χ1n) is 8.97. The van der Waals surface area contributed by atoms with E-state index in [4.69, 9.17) is 4.74 Å². The first-order chi connectivity index (χ1) is 12.3. The minimum Gasteiger partial charge on any atom is -0.474 e. The summed E-state index contributed by atoms with van der Waals surface area (Å²) in [6.07, 6.45) is 5.69. The smallest absolute Gasteiger partial charge is 0.235 e. The topological polar surface area (TPSA) is 63.2 Å². The van der Waals surface area contributed by atoms with E-state index in [-0.39, 0.29) is 17.4 Å². The van der Waals surface area contributed by atoms with Gasteiger partial charge in [-0.15, -0.1) is 0 Å². The van der Waals surface area contributed by atoms with Crippen LogP contribution in [0.2, 0.25) is 0 Å². The van der Waals surface area contributed by atoms with E-state index in [1.165, 1.54) is 0 Å². The molecule has 25 heavy (non-hydrogen) atoms. The summed E-state index contributed by atoms with van der Waals surface area (Å²) in [6.45, 7) is 1.97. The Kier molecular flexibility index (Phi) is 4.40. The number of anilines is 1. The molecule has 2 aliphatic rings. The van der Waals surface area contributed by atoms with Crippen molar-refractivity contribution in [3.05, 3.63) is 54.2 Å². The second-order valence-electron chi connectivity index (χ2n) is 6.85. The summed E-state index contributed by atoms with van der Waals surface area (Å²) in [5, 5.41) is 6.32. The highest BCUT2D eigenvalue weighted by Crippen LogP contribution is 2.48. The van der Waals surface area contributed by atoms with Crippen LogP contribution in [-0.4, -0.2) is 30.1 Å². The van der Waals surface area contributed by atoms with Gasteiger partial charge in [0.2, 0.25) is 11.8 Å². The van der Waals surface area contributed by atoms with Crippen molar-refractivity contribution in [1.82, 2.24) is 10.3 Å². The molecule has 1 saturated carbocycles. The molecule has 5 heteroatoms. The van der Waals surface area contributed by atoms with Gasteiger partial charge in [0.05, 0.1) is 17.3 Å².